The van der Waals surface area contributed by atoms with E-state index >= 15 is 0 Å². The largest absolute Gasteiger partial charge is 0.481 e. The maximum absolute atomic E-state index is 11.9. The second-order valence-corrected chi connectivity index (χ2v) is 6.15. The van der Waals surface area contributed by atoms with E-state index in [0.717, 1.165) is 38.6 Å². The van der Waals surface area contributed by atoms with Crippen molar-refractivity contribution >= 4 is 11.9 Å². The van der Waals surface area contributed by atoms with Crippen LogP contribution in [0.5, 0.6) is 0 Å². The lowest BCUT2D eigenvalue weighted by Gasteiger charge is -2.28. The van der Waals surface area contributed by atoms with Gasteiger partial charge < -0.3 is 15.7 Å². The smallest absolute Gasteiger partial charge is 0.306 e. The molecular weight excluding hydrogens is 256 g/mol. The lowest BCUT2D eigenvalue weighted by molar-refractivity contribution is -0.143. The fourth-order valence-electron chi connectivity index (χ4n) is 3.32. The molecule has 1 saturated heterocycles. The van der Waals surface area contributed by atoms with Crippen LogP contribution in [-0.4, -0.2) is 35.6 Å². The molecule has 20 heavy (non-hydrogen) atoms. The van der Waals surface area contributed by atoms with Crippen LogP contribution < -0.4 is 10.6 Å². The first kappa shape index (κ1) is 15.3. The maximum atomic E-state index is 11.9. The van der Waals surface area contributed by atoms with Crippen LogP contribution in [0.2, 0.25) is 0 Å². The molecular formula is C15H26N2O3. The maximum Gasteiger partial charge on any atom is 0.306 e. The lowest BCUT2D eigenvalue weighted by atomic mass is 9.85. The van der Waals surface area contributed by atoms with Crippen molar-refractivity contribution in [1.29, 1.82) is 0 Å². The molecule has 1 saturated carbocycles. The molecule has 0 aromatic carbocycles. The topological polar surface area (TPSA) is 78.4 Å². The second-order valence-electron chi connectivity index (χ2n) is 6.15. The van der Waals surface area contributed by atoms with Gasteiger partial charge in [-0.25, -0.2) is 0 Å². The van der Waals surface area contributed by atoms with Crippen molar-refractivity contribution in [3.8, 4) is 0 Å². The standard InChI is InChI=1S/C15H26N2O3/c18-14(8-7-12-5-1-2-9-16-12)17-13-6-3-4-11(10-13)15(19)20/h11-13,16H,1-10H2,(H,17,18)(H,19,20). The van der Waals surface area contributed by atoms with E-state index < -0.39 is 5.97 Å². The van der Waals surface area contributed by atoms with Gasteiger partial charge >= 0.3 is 5.97 Å². The molecule has 2 fully saturated rings. The van der Waals surface area contributed by atoms with Gasteiger partial charge in [-0.1, -0.05) is 12.8 Å². The number of nitrogens with one attached hydrogen (secondary N) is 2. The predicted molar refractivity (Wildman–Crippen MR) is 76.4 cm³/mol. The van der Waals surface area contributed by atoms with Gasteiger partial charge in [0.25, 0.3) is 0 Å². The highest BCUT2D eigenvalue weighted by Crippen LogP contribution is 2.24. The van der Waals surface area contributed by atoms with Crippen molar-refractivity contribution < 1.29 is 14.7 Å². The van der Waals surface area contributed by atoms with E-state index in [1.54, 1.807) is 0 Å². The summed E-state index contributed by atoms with van der Waals surface area (Å²) in [6, 6.07) is 0.532. The second kappa shape index (κ2) is 7.62. The molecule has 114 valence electrons. The van der Waals surface area contributed by atoms with Gasteiger partial charge in [-0.15, -0.1) is 0 Å². The predicted octanol–water partition coefficient (Wildman–Crippen LogP) is 1.67. The molecule has 3 N–H and O–H groups in total. The number of rotatable bonds is 5. The summed E-state index contributed by atoms with van der Waals surface area (Å²) in [4.78, 5) is 22.9. The highest BCUT2D eigenvalue weighted by Gasteiger charge is 2.27. The van der Waals surface area contributed by atoms with Crippen LogP contribution in [0.1, 0.15) is 57.8 Å². The van der Waals surface area contributed by atoms with Crippen LogP contribution in [0.15, 0.2) is 0 Å². The Morgan fingerprint density at radius 3 is 2.70 bits per heavy atom. The van der Waals surface area contributed by atoms with Crippen molar-refractivity contribution in [3.05, 3.63) is 0 Å². The summed E-state index contributed by atoms with van der Waals surface area (Å²) in [5.74, 6) is -0.933. The zero-order chi connectivity index (χ0) is 14.4. The molecule has 0 bridgehead atoms. The average Bonchev–Trinajstić information content (AvgIpc) is 2.46. The van der Waals surface area contributed by atoms with Crippen molar-refractivity contribution in [3.63, 3.8) is 0 Å². The summed E-state index contributed by atoms with van der Waals surface area (Å²) >= 11 is 0. The van der Waals surface area contributed by atoms with Crippen LogP contribution in [0.3, 0.4) is 0 Å². The van der Waals surface area contributed by atoms with E-state index in [4.69, 9.17) is 5.11 Å². The van der Waals surface area contributed by atoms with Crippen LogP contribution in [0, 0.1) is 5.92 Å². The average molecular weight is 282 g/mol. The number of carboxylic acid groups (broad SMARTS) is 1. The highest BCUT2D eigenvalue weighted by molar-refractivity contribution is 5.76. The molecule has 2 aliphatic rings. The van der Waals surface area contributed by atoms with E-state index in [2.05, 4.69) is 10.6 Å². The third kappa shape index (κ3) is 4.78. The number of carbonyl (C=O) groups is 2. The number of hydrogen-bond donors (Lipinski definition) is 3. The van der Waals surface area contributed by atoms with Gasteiger partial charge in [0.15, 0.2) is 0 Å². The first-order valence-electron chi connectivity index (χ1n) is 7.90. The Hall–Kier alpha value is -1.10. The molecule has 1 amide bonds. The number of carboxylic acids is 1. The number of amides is 1. The first-order chi connectivity index (χ1) is 9.65. The SMILES string of the molecule is O=C(CCC1CCCCN1)NC1CCCC(C(=O)O)C1. The van der Waals surface area contributed by atoms with Crippen LogP contribution in [0.4, 0.5) is 0 Å². The van der Waals surface area contributed by atoms with Crippen LogP contribution >= 0.6 is 0 Å². The molecule has 1 heterocycles. The number of hydrogen-bond acceptors (Lipinski definition) is 3. The fraction of sp³-hybridized carbons (Fsp3) is 0.867. The van der Waals surface area contributed by atoms with Crippen molar-refractivity contribution in [2.45, 2.75) is 69.9 Å². The molecule has 3 unspecified atom stereocenters. The number of aliphatic carboxylic acids is 1. The minimum absolute atomic E-state index is 0.0525. The quantitative estimate of drug-likeness (QED) is 0.716. The third-order valence-corrected chi connectivity index (χ3v) is 4.52. The Kier molecular flexibility index (Phi) is 5.83. The van der Waals surface area contributed by atoms with Gasteiger partial charge in [0.2, 0.25) is 5.91 Å². The van der Waals surface area contributed by atoms with Gasteiger partial charge in [0, 0.05) is 18.5 Å². The summed E-state index contributed by atoms with van der Waals surface area (Å²) in [7, 11) is 0. The molecule has 1 aliphatic carbocycles. The lowest BCUT2D eigenvalue weighted by Crippen LogP contribution is -2.41. The van der Waals surface area contributed by atoms with Gasteiger partial charge in [0.05, 0.1) is 5.92 Å². The van der Waals surface area contributed by atoms with Crippen molar-refractivity contribution in [2.24, 2.45) is 5.92 Å². The molecule has 5 nitrogen and oxygen atoms in total. The zero-order valence-electron chi connectivity index (χ0n) is 12.1. The molecule has 0 spiro atoms. The summed E-state index contributed by atoms with van der Waals surface area (Å²) in [5, 5.41) is 15.5. The highest BCUT2D eigenvalue weighted by atomic mass is 16.4. The summed E-state index contributed by atoms with van der Waals surface area (Å²) in [6.07, 6.45) is 8.23. The molecule has 2 rings (SSSR count). The summed E-state index contributed by atoms with van der Waals surface area (Å²) in [5.41, 5.74) is 0. The van der Waals surface area contributed by atoms with E-state index in [-0.39, 0.29) is 17.9 Å². The van der Waals surface area contributed by atoms with E-state index in [1.807, 2.05) is 0 Å². The molecule has 0 aromatic rings. The molecule has 3 atom stereocenters. The summed E-state index contributed by atoms with van der Waals surface area (Å²) in [6.45, 7) is 1.06. The Balaban J connectivity index is 1.66. The fourth-order valence-corrected chi connectivity index (χ4v) is 3.32. The van der Waals surface area contributed by atoms with Gasteiger partial charge in [-0.05, 0) is 45.1 Å². The molecule has 1 aliphatic heterocycles. The van der Waals surface area contributed by atoms with E-state index in [0.29, 0.717) is 18.9 Å². The molecule has 5 heteroatoms. The normalized spacial score (nSPS) is 30.7. The Morgan fingerprint density at radius 1 is 1.15 bits per heavy atom. The van der Waals surface area contributed by atoms with Gasteiger partial charge in [-0.3, -0.25) is 9.59 Å². The first-order valence-corrected chi connectivity index (χ1v) is 7.90. The van der Waals surface area contributed by atoms with Crippen LogP contribution in [0.25, 0.3) is 0 Å². The Bertz CT molecular complexity index is 340. The van der Waals surface area contributed by atoms with E-state index in [1.165, 1.54) is 12.8 Å². The zero-order valence-corrected chi connectivity index (χ0v) is 12.1. The Labute approximate surface area is 120 Å². The summed E-state index contributed by atoms with van der Waals surface area (Å²) < 4.78 is 0. The minimum atomic E-state index is -0.727. The third-order valence-electron chi connectivity index (χ3n) is 4.52. The van der Waals surface area contributed by atoms with Crippen molar-refractivity contribution in [1.82, 2.24) is 10.6 Å². The van der Waals surface area contributed by atoms with Gasteiger partial charge in [-0.2, -0.15) is 0 Å². The molecule has 0 radical (unpaired) electrons. The number of piperidine rings is 1. The van der Waals surface area contributed by atoms with Gasteiger partial charge in [0.1, 0.15) is 0 Å². The Morgan fingerprint density at radius 2 is 2.00 bits per heavy atom. The molecule has 0 aromatic heterocycles. The van der Waals surface area contributed by atoms with Crippen molar-refractivity contribution in [2.75, 3.05) is 6.54 Å². The number of carbonyl (C=O) groups excluding carboxylic acids is 1. The minimum Gasteiger partial charge on any atom is -0.481 e. The van der Waals surface area contributed by atoms with Crippen LogP contribution in [-0.2, 0) is 9.59 Å². The monoisotopic (exact) mass is 282 g/mol. The van der Waals surface area contributed by atoms with E-state index in [9.17, 15) is 9.59 Å².